The fourth-order valence-corrected chi connectivity index (χ4v) is 5.31. The van der Waals surface area contributed by atoms with E-state index in [1.807, 2.05) is 0 Å². The van der Waals surface area contributed by atoms with Crippen molar-refractivity contribution in [1.29, 1.82) is 0 Å². The van der Waals surface area contributed by atoms with Crippen LogP contribution in [0.1, 0.15) is 41.8 Å². The van der Waals surface area contributed by atoms with E-state index in [0.29, 0.717) is 41.0 Å². The third-order valence-corrected chi connectivity index (χ3v) is 7.37. The van der Waals surface area contributed by atoms with Gasteiger partial charge in [0, 0.05) is 28.5 Å². The molecule has 176 valence electrons. The summed E-state index contributed by atoms with van der Waals surface area (Å²) in [4.78, 5) is 34.6. The molecule has 1 aromatic carbocycles. The number of nitrogens with zero attached hydrogens (tertiary/aromatic N) is 4. The molecule has 9 heteroatoms. The van der Waals surface area contributed by atoms with E-state index in [2.05, 4.69) is 58.4 Å². The molecule has 0 bridgehead atoms. The summed E-state index contributed by atoms with van der Waals surface area (Å²) in [6.45, 7) is 2.14. The third kappa shape index (κ3) is 4.35. The number of hydrogen-bond acceptors (Lipinski definition) is 7. The molecule has 0 unspecified atom stereocenters. The zero-order valence-electron chi connectivity index (χ0n) is 19.2. The van der Waals surface area contributed by atoms with Crippen LogP contribution in [0.3, 0.4) is 0 Å². The predicted molar refractivity (Wildman–Crippen MR) is 135 cm³/mol. The molecule has 3 aromatic heterocycles. The molecule has 1 aliphatic carbocycles. The Morgan fingerprint density at radius 3 is 2.77 bits per heavy atom. The summed E-state index contributed by atoms with van der Waals surface area (Å²) in [7, 11) is 0. The molecule has 0 spiro atoms. The van der Waals surface area contributed by atoms with Crippen molar-refractivity contribution in [3.8, 4) is 10.4 Å². The van der Waals surface area contributed by atoms with Crippen LogP contribution < -0.4 is 10.6 Å². The van der Waals surface area contributed by atoms with Crippen molar-refractivity contribution in [2.75, 3.05) is 5.32 Å². The number of imide groups is 1. The predicted octanol–water partition coefficient (Wildman–Crippen LogP) is 3.95. The van der Waals surface area contributed by atoms with Crippen LogP contribution in [0.2, 0.25) is 0 Å². The second kappa shape index (κ2) is 8.74. The van der Waals surface area contributed by atoms with Crippen molar-refractivity contribution in [2.45, 2.75) is 45.1 Å². The Bertz CT molecular complexity index is 1500. The summed E-state index contributed by atoms with van der Waals surface area (Å²) in [5.41, 5.74) is 5.53. The lowest BCUT2D eigenvalue weighted by molar-refractivity contribution is -0.124. The number of carbonyl (C=O) groups is 2. The molecule has 1 saturated heterocycles. The normalized spacial score (nSPS) is 16.9. The average Bonchev–Trinajstić information content (AvgIpc) is 3.26. The van der Waals surface area contributed by atoms with Crippen molar-refractivity contribution >= 4 is 40.8 Å². The van der Waals surface area contributed by atoms with Gasteiger partial charge in [0.1, 0.15) is 5.82 Å². The van der Waals surface area contributed by atoms with Crippen molar-refractivity contribution in [3.63, 3.8) is 0 Å². The van der Waals surface area contributed by atoms with Crippen LogP contribution in [0.15, 0.2) is 47.5 Å². The average molecular weight is 485 g/mol. The number of benzene rings is 1. The molecular weight excluding hydrogens is 460 g/mol. The molecule has 2 N–H and O–H groups in total. The first-order chi connectivity index (χ1) is 17.0. The molecule has 2 fully saturated rings. The maximum absolute atomic E-state index is 12.1. The standard InChI is InChI=1S/C26H24N6O2S/c1-15-10-11-35-23(15)20-5-3-2-4-16(20)6-9-21-29-24-18(12-17-13-22(33)31-25(17)34)14-27-32(24)26(30-21)28-19-7-8-19/h2-5,10-12,14,19H,6-9,13H2,1H3,(H,28,29,30)(H,31,33,34)/b17-12+. The Hall–Kier alpha value is -3.85. The molecule has 35 heavy (non-hydrogen) atoms. The zero-order valence-corrected chi connectivity index (χ0v) is 20.1. The summed E-state index contributed by atoms with van der Waals surface area (Å²) >= 11 is 1.76. The number of amides is 2. The molecular formula is C26H24N6O2S. The van der Waals surface area contributed by atoms with E-state index in [9.17, 15) is 9.59 Å². The lowest BCUT2D eigenvalue weighted by Gasteiger charge is -2.11. The van der Waals surface area contributed by atoms with E-state index in [-0.39, 0.29) is 18.2 Å². The van der Waals surface area contributed by atoms with E-state index in [1.54, 1.807) is 28.1 Å². The summed E-state index contributed by atoms with van der Waals surface area (Å²) < 4.78 is 1.69. The highest BCUT2D eigenvalue weighted by atomic mass is 32.1. The molecule has 0 atom stereocenters. The number of nitrogens with one attached hydrogen (secondary N) is 2. The van der Waals surface area contributed by atoms with Gasteiger partial charge in [-0.2, -0.15) is 14.6 Å². The number of aryl methyl sites for hydroxylation is 3. The van der Waals surface area contributed by atoms with Crippen LogP contribution in [0.25, 0.3) is 22.2 Å². The van der Waals surface area contributed by atoms with Crippen LogP contribution in [-0.2, 0) is 22.4 Å². The molecule has 1 saturated carbocycles. The fourth-order valence-electron chi connectivity index (χ4n) is 4.32. The topological polar surface area (TPSA) is 101 Å². The number of rotatable bonds is 7. The van der Waals surface area contributed by atoms with Gasteiger partial charge < -0.3 is 5.32 Å². The van der Waals surface area contributed by atoms with Crippen LogP contribution in [0, 0.1) is 6.92 Å². The minimum absolute atomic E-state index is 0.0697. The van der Waals surface area contributed by atoms with E-state index in [4.69, 9.17) is 9.97 Å². The minimum Gasteiger partial charge on any atom is -0.351 e. The Balaban J connectivity index is 1.35. The van der Waals surface area contributed by atoms with Crippen LogP contribution in [0.4, 0.5) is 5.95 Å². The molecule has 1 aliphatic heterocycles. The van der Waals surface area contributed by atoms with Gasteiger partial charge >= 0.3 is 0 Å². The van der Waals surface area contributed by atoms with Gasteiger partial charge in [-0.25, -0.2) is 4.98 Å². The summed E-state index contributed by atoms with van der Waals surface area (Å²) in [5, 5.41) is 12.4. The number of aromatic nitrogens is 4. The van der Waals surface area contributed by atoms with Gasteiger partial charge in [0.05, 0.1) is 12.6 Å². The first kappa shape index (κ1) is 21.7. The number of anilines is 1. The highest BCUT2D eigenvalue weighted by Crippen LogP contribution is 2.32. The van der Waals surface area contributed by atoms with Gasteiger partial charge in [-0.3, -0.25) is 14.9 Å². The van der Waals surface area contributed by atoms with E-state index in [0.717, 1.165) is 19.3 Å². The molecule has 2 amide bonds. The van der Waals surface area contributed by atoms with Gasteiger partial charge in [0.2, 0.25) is 11.9 Å². The Kier molecular flexibility index (Phi) is 5.41. The van der Waals surface area contributed by atoms with E-state index < -0.39 is 0 Å². The third-order valence-electron chi connectivity index (χ3n) is 6.32. The Labute approximate surface area is 206 Å². The number of hydrogen-bond donors (Lipinski definition) is 2. The lowest BCUT2D eigenvalue weighted by atomic mass is 10.00. The maximum atomic E-state index is 12.1. The lowest BCUT2D eigenvalue weighted by Crippen LogP contribution is -2.19. The highest BCUT2D eigenvalue weighted by Gasteiger charge is 2.26. The molecule has 4 heterocycles. The van der Waals surface area contributed by atoms with Crippen molar-refractivity contribution < 1.29 is 9.59 Å². The Morgan fingerprint density at radius 2 is 2.03 bits per heavy atom. The summed E-state index contributed by atoms with van der Waals surface area (Å²) in [5.74, 6) is 0.723. The maximum Gasteiger partial charge on any atom is 0.254 e. The highest BCUT2D eigenvalue weighted by molar-refractivity contribution is 7.13. The van der Waals surface area contributed by atoms with Gasteiger partial charge in [0.15, 0.2) is 5.65 Å². The molecule has 2 aliphatic rings. The fraction of sp³-hybridized carbons (Fsp3) is 0.269. The monoisotopic (exact) mass is 484 g/mol. The second-order valence-electron chi connectivity index (χ2n) is 9.03. The largest absolute Gasteiger partial charge is 0.351 e. The second-order valence-corrected chi connectivity index (χ2v) is 9.95. The van der Waals surface area contributed by atoms with E-state index >= 15 is 0 Å². The van der Waals surface area contributed by atoms with Crippen molar-refractivity contribution in [1.82, 2.24) is 24.9 Å². The summed E-state index contributed by atoms with van der Waals surface area (Å²) in [6, 6.07) is 11.0. The molecule has 6 rings (SSSR count). The van der Waals surface area contributed by atoms with Crippen molar-refractivity contribution in [3.05, 3.63) is 70.0 Å². The molecule has 8 nitrogen and oxygen atoms in total. The first-order valence-electron chi connectivity index (χ1n) is 11.7. The first-order valence-corrected chi connectivity index (χ1v) is 12.6. The molecule has 4 aromatic rings. The number of fused-ring (bicyclic) bond motifs is 1. The number of thiophene rings is 1. The smallest absolute Gasteiger partial charge is 0.254 e. The Morgan fingerprint density at radius 1 is 1.17 bits per heavy atom. The van der Waals surface area contributed by atoms with Gasteiger partial charge in [-0.05, 0) is 60.4 Å². The van der Waals surface area contributed by atoms with Crippen LogP contribution >= 0.6 is 11.3 Å². The SMILES string of the molecule is Cc1ccsc1-c1ccccc1CCc1nc(NC2CC2)n2ncc(/C=C3\CC(=O)NC3=O)c2n1. The molecule has 0 radical (unpaired) electrons. The van der Waals surface area contributed by atoms with Crippen molar-refractivity contribution in [2.24, 2.45) is 0 Å². The summed E-state index contributed by atoms with van der Waals surface area (Å²) in [6.07, 6.45) is 7.12. The zero-order chi connectivity index (χ0) is 23.9. The minimum atomic E-state index is -0.361. The quantitative estimate of drug-likeness (QED) is 0.304. The van der Waals surface area contributed by atoms with Crippen LogP contribution in [-0.4, -0.2) is 37.4 Å². The van der Waals surface area contributed by atoms with Gasteiger partial charge in [-0.15, -0.1) is 11.3 Å². The van der Waals surface area contributed by atoms with E-state index in [1.165, 1.54) is 21.6 Å². The van der Waals surface area contributed by atoms with Crippen LogP contribution in [0.5, 0.6) is 0 Å². The number of carbonyl (C=O) groups excluding carboxylic acids is 2. The van der Waals surface area contributed by atoms with Gasteiger partial charge in [-0.1, -0.05) is 24.3 Å². The van der Waals surface area contributed by atoms with Gasteiger partial charge in [0.25, 0.3) is 5.91 Å².